The number of allylic oxidation sites excluding steroid dienone is 4. The zero-order chi connectivity index (χ0) is 24.2. The number of rotatable bonds is 7. The molecule has 0 heterocycles. The fourth-order valence-electron chi connectivity index (χ4n) is 4.00. The predicted octanol–water partition coefficient (Wildman–Crippen LogP) is 6.89. The second-order valence-electron chi connectivity index (χ2n) is 7.95. The second kappa shape index (κ2) is 9.81. The second-order valence-corrected chi connectivity index (χ2v) is 7.95. The van der Waals surface area contributed by atoms with Gasteiger partial charge in [-0.25, -0.2) is 5.84 Å². The number of aryl methyl sites for hydroxylation is 1. The van der Waals surface area contributed by atoms with Crippen LogP contribution in [-0.2, 0) is 5.60 Å². The molecule has 0 bridgehead atoms. The molecule has 3 aromatic carbocycles. The summed E-state index contributed by atoms with van der Waals surface area (Å²) in [4.78, 5) is 0. The van der Waals surface area contributed by atoms with Crippen molar-refractivity contribution in [1.29, 1.82) is 0 Å². The molecule has 0 aliphatic carbocycles. The maximum atomic E-state index is 14.4. The molecule has 3 nitrogen and oxygen atoms in total. The van der Waals surface area contributed by atoms with Crippen molar-refractivity contribution in [2.24, 2.45) is 5.84 Å². The molecular formula is C27H29F3N2O. The van der Waals surface area contributed by atoms with Gasteiger partial charge in [-0.2, -0.15) is 13.2 Å². The van der Waals surface area contributed by atoms with Gasteiger partial charge in [-0.1, -0.05) is 80.6 Å². The van der Waals surface area contributed by atoms with Crippen LogP contribution in [0.25, 0.3) is 10.8 Å². The molecule has 0 aliphatic rings. The third-order valence-electron chi connectivity index (χ3n) is 5.80. The van der Waals surface area contributed by atoms with E-state index in [1.54, 1.807) is 37.3 Å². The number of hydrogen-bond donors (Lipinski definition) is 2. The van der Waals surface area contributed by atoms with Crippen molar-refractivity contribution in [2.45, 2.75) is 45.4 Å². The molecule has 1 unspecified atom stereocenters. The summed E-state index contributed by atoms with van der Waals surface area (Å²) < 4.78 is 43.3. The molecule has 1 atom stereocenters. The number of aliphatic hydroxyl groups is 1. The highest BCUT2D eigenvalue weighted by Gasteiger charge is 2.57. The van der Waals surface area contributed by atoms with Crippen LogP contribution in [0.5, 0.6) is 0 Å². The van der Waals surface area contributed by atoms with E-state index >= 15 is 0 Å². The third-order valence-corrected chi connectivity index (χ3v) is 5.80. The van der Waals surface area contributed by atoms with Gasteiger partial charge in [0.2, 0.25) is 5.60 Å². The standard InChI is InChI=1S/C27H29F3N2O/c1-4-6-7-13-22(5-2)32(31)25-17-16-21(18-19(25)3)26(33,27(28,29)30)24-15-10-12-20-11-8-9-14-23(20)24/h6-18,33H,4-5,31H2,1-3H3/b7-6-,22-13+. The highest BCUT2D eigenvalue weighted by molar-refractivity contribution is 5.87. The SMILES string of the molecule is CC/C=C\C=C(/CC)N(N)c1ccc(C(O)(c2cccc3ccccc23)C(F)(F)F)cc1C. The van der Waals surface area contributed by atoms with Crippen molar-refractivity contribution in [3.63, 3.8) is 0 Å². The van der Waals surface area contributed by atoms with Crippen LogP contribution in [0, 0.1) is 6.92 Å². The number of benzene rings is 3. The smallest absolute Gasteiger partial charge is 0.372 e. The first-order valence-corrected chi connectivity index (χ1v) is 10.9. The molecule has 0 radical (unpaired) electrons. The molecule has 6 heteroatoms. The number of fused-ring (bicyclic) bond motifs is 1. The Morgan fingerprint density at radius 3 is 2.36 bits per heavy atom. The zero-order valence-electron chi connectivity index (χ0n) is 19.0. The van der Waals surface area contributed by atoms with E-state index in [4.69, 9.17) is 5.84 Å². The molecule has 174 valence electrons. The summed E-state index contributed by atoms with van der Waals surface area (Å²) in [5.74, 6) is 6.31. The molecule has 0 aromatic heterocycles. The summed E-state index contributed by atoms with van der Waals surface area (Å²) in [7, 11) is 0. The lowest BCUT2D eigenvalue weighted by molar-refractivity contribution is -0.247. The van der Waals surface area contributed by atoms with Crippen LogP contribution < -0.4 is 10.9 Å². The lowest BCUT2D eigenvalue weighted by atomic mass is 9.82. The molecule has 3 aromatic rings. The Bertz CT molecular complexity index is 1180. The van der Waals surface area contributed by atoms with E-state index in [0.29, 0.717) is 28.4 Å². The Balaban J connectivity index is 2.14. The first kappa shape index (κ1) is 24.6. The number of alkyl halides is 3. The fraction of sp³-hybridized carbons (Fsp3) is 0.259. The Morgan fingerprint density at radius 1 is 1.03 bits per heavy atom. The van der Waals surface area contributed by atoms with Crippen molar-refractivity contribution in [3.8, 4) is 0 Å². The van der Waals surface area contributed by atoms with Crippen molar-refractivity contribution >= 4 is 16.5 Å². The van der Waals surface area contributed by atoms with Gasteiger partial charge in [0.05, 0.1) is 5.69 Å². The first-order valence-electron chi connectivity index (χ1n) is 10.9. The molecule has 0 spiro atoms. The van der Waals surface area contributed by atoms with Gasteiger partial charge < -0.3 is 5.11 Å². The summed E-state index contributed by atoms with van der Waals surface area (Å²) in [5, 5.41) is 13.7. The number of hydrazine groups is 1. The summed E-state index contributed by atoms with van der Waals surface area (Å²) in [6, 6.07) is 15.5. The average molecular weight is 455 g/mol. The van der Waals surface area contributed by atoms with Gasteiger partial charge in [-0.05, 0) is 53.8 Å². The first-order chi connectivity index (χ1) is 15.6. The molecule has 0 saturated carbocycles. The Labute approximate surface area is 192 Å². The van der Waals surface area contributed by atoms with Crippen molar-refractivity contribution in [3.05, 3.63) is 101 Å². The highest BCUT2D eigenvalue weighted by Crippen LogP contribution is 2.47. The molecule has 0 amide bonds. The van der Waals surface area contributed by atoms with E-state index in [2.05, 4.69) is 0 Å². The van der Waals surface area contributed by atoms with Gasteiger partial charge in [-0.15, -0.1) is 0 Å². The summed E-state index contributed by atoms with van der Waals surface area (Å²) in [6.07, 6.45) is 2.38. The molecule has 0 fully saturated rings. The normalized spacial score (nSPS) is 14.6. The molecular weight excluding hydrogens is 425 g/mol. The van der Waals surface area contributed by atoms with E-state index in [9.17, 15) is 18.3 Å². The van der Waals surface area contributed by atoms with E-state index in [1.807, 2.05) is 32.1 Å². The van der Waals surface area contributed by atoms with Gasteiger partial charge in [0.1, 0.15) is 0 Å². The predicted molar refractivity (Wildman–Crippen MR) is 129 cm³/mol. The molecule has 3 rings (SSSR count). The summed E-state index contributed by atoms with van der Waals surface area (Å²) in [5.41, 5.74) is -1.73. The molecule has 0 aliphatic heterocycles. The topological polar surface area (TPSA) is 49.5 Å². The highest BCUT2D eigenvalue weighted by atomic mass is 19.4. The van der Waals surface area contributed by atoms with Gasteiger partial charge in [-0.3, -0.25) is 5.01 Å². The Hall–Kier alpha value is -3.09. The van der Waals surface area contributed by atoms with E-state index in [0.717, 1.165) is 12.1 Å². The van der Waals surface area contributed by atoms with Gasteiger partial charge >= 0.3 is 6.18 Å². The largest absolute Gasteiger partial charge is 0.425 e. The van der Waals surface area contributed by atoms with Crippen LogP contribution in [0.1, 0.15) is 43.4 Å². The van der Waals surface area contributed by atoms with E-state index < -0.39 is 11.8 Å². The quantitative estimate of drug-likeness (QED) is 0.232. The molecule has 33 heavy (non-hydrogen) atoms. The number of halogens is 3. The zero-order valence-corrected chi connectivity index (χ0v) is 19.0. The van der Waals surface area contributed by atoms with Crippen molar-refractivity contribution in [2.75, 3.05) is 5.01 Å². The minimum absolute atomic E-state index is 0.205. The van der Waals surface area contributed by atoms with Crippen LogP contribution in [0.15, 0.2) is 84.6 Å². The fourth-order valence-corrected chi connectivity index (χ4v) is 4.00. The molecule has 3 N–H and O–H groups in total. The Kier molecular flexibility index (Phi) is 7.30. The van der Waals surface area contributed by atoms with Gasteiger partial charge in [0.25, 0.3) is 0 Å². The molecule has 0 saturated heterocycles. The Morgan fingerprint density at radius 2 is 1.73 bits per heavy atom. The van der Waals surface area contributed by atoms with Crippen LogP contribution in [-0.4, -0.2) is 11.3 Å². The van der Waals surface area contributed by atoms with Crippen LogP contribution in [0.3, 0.4) is 0 Å². The average Bonchev–Trinajstić information content (AvgIpc) is 2.80. The summed E-state index contributed by atoms with van der Waals surface area (Å²) >= 11 is 0. The van der Waals surface area contributed by atoms with Crippen molar-refractivity contribution < 1.29 is 18.3 Å². The number of hydrogen-bond acceptors (Lipinski definition) is 3. The van der Waals surface area contributed by atoms with Crippen molar-refractivity contribution in [1.82, 2.24) is 0 Å². The van der Waals surface area contributed by atoms with Crippen LogP contribution >= 0.6 is 0 Å². The lowest BCUT2D eigenvalue weighted by Crippen LogP contribution is -2.43. The number of nitrogens with zero attached hydrogens (tertiary/aromatic N) is 1. The maximum Gasteiger partial charge on any atom is 0.425 e. The number of nitrogens with two attached hydrogens (primary N) is 1. The summed E-state index contributed by atoms with van der Waals surface area (Å²) in [6.45, 7) is 5.67. The van der Waals surface area contributed by atoms with Crippen LogP contribution in [0.2, 0.25) is 0 Å². The minimum Gasteiger partial charge on any atom is -0.372 e. The minimum atomic E-state index is -4.94. The van der Waals surface area contributed by atoms with E-state index in [-0.39, 0.29) is 11.1 Å². The third kappa shape index (κ3) is 4.68. The van der Waals surface area contributed by atoms with Gasteiger partial charge in [0, 0.05) is 11.3 Å². The lowest BCUT2D eigenvalue weighted by Gasteiger charge is -2.33. The van der Waals surface area contributed by atoms with Crippen LogP contribution in [0.4, 0.5) is 18.9 Å². The monoisotopic (exact) mass is 454 g/mol. The van der Waals surface area contributed by atoms with Gasteiger partial charge in [0.15, 0.2) is 0 Å². The maximum absolute atomic E-state index is 14.4. The number of anilines is 1. The van der Waals surface area contributed by atoms with E-state index in [1.165, 1.54) is 35.3 Å².